The normalized spacial score (nSPS) is 12.8. The lowest BCUT2D eigenvalue weighted by Crippen LogP contribution is -2.36. The van der Waals surface area contributed by atoms with Crippen molar-refractivity contribution >= 4 is 0 Å². The van der Waals surface area contributed by atoms with Crippen molar-refractivity contribution in [1.29, 1.82) is 0 Å². The van der Waals surface area contributed by atoms with Crippen molar-refractivity contribution in [2.75, 3.05) is 27.4 Å². The molecule has 29 heavy (non-hydrogen) atoms. The minimum absolute atomic E-state index is 0.245. The second-order valence-corrected chi connectivity index (χ2v) is 8.06. The van der Waals surface area contributed by atoms with E-state index in [1.54, 1.807) is 26.4 Å². The molecule has 2 rings (SSSR count). The Labute approximate surface area is 173 Å². The van der Waals surface area contributed by atoms with E-state index in [1.165, 1.54) is 12.1 Å². The largest absolute Gasteiger partial charge is 0.493 e. The van der Waals surface area contributed by atoms with Crippen LogP contribution in [0.25, 0.3) is 0 Å². The Hall–Kier alpha value is -2.15. The molecule has 0 radical (unpaired) electrons. The number of hydrogen-bond donors (Lipinski definition) is 1. The molecule has 0 aliphatic heterocycles. The molecule has 0 spiro atoms. The number of nitrogens with zero attached hydrogens (tertiary/aromatic N) is 1. The minimum atomic E-state index is -0.644. The van der Waals surface area contributed by atoms with E-state index in [1.807, 2.05) is 39.0 Å². The van der Waals surface area contributed by atoms with E-state index >= 15 is 0 Å². The van der Waals surface area contributed by atoms with Crippen LogP contribution in [0.5, 0.6) is 11.5 Å². The summed E-state index contributed by atoms with van der Waals surface area (Å²) in [5, 5.41) is 10.5. The van der Waals surface area contributed by atoms with E-state index in [9.17, 15) is 9.50 Å². The van der Waals surface area contributed by atoms with Gasteiger partial charge in [-0.3, -0.25) is 4.90 Å². The Kier molecular flexibility index (Phi) is 8.44. The molecule has 0 saturated carbocycles. The zero-order chi connectivity index (χ0) is 21.4. The van der Waals surface area contributed by atoms with Crippen molar-refractivity contribution in [2.24, 2.45) is 0 Å². The van der Waals surface area contributed by atoms with Crippen molar-refractivity contribution in [1.82, 2.24) is 4.90 Å². The Balaban J connectivity index is 2.13. The highest BCUT2D eigenvalue weighted by Gasteiger charge is 2.18. The Bertz CT molecular complexity index is 758. The highest BCUT2D eigenvalue weighted by Crippen LogP contribution is 2.28. The van der Waals surface area contributed by atoms with Gasteiger partial charge in [0, 0.05) is 19.6 Å². The molecule has 0 unspecified atom stereocenters. The monoisotopic (exact) mass is 405 g/mol. The van der Waals surface area contributed by atoms with Crippen molar-refractivity contribution in [3.8, 4) is 11.5 Å². The standard InChI is InChI=1S/C23H32FNO4/c1-23(2,3)29-16-20(26)15-25(13-17-6-9-19(24)10-7-17)14-18-8-11-21(27-4)22(12-18)28-5/h6-12,20,26H,13-16H2,1-5H3/t20-/m0/s1. The zero-order valence-electron chi connectivity index (χ0n) is 17.9. The summed E-state index contributed by atoms with van der Waals surface area (Å²) < 4.78 is 29.7. The molecule has 0 heterocycles. The molecule has 0 saturated heterocycles. The Morgan fingerprint density at radius 1 is 0.931 bits per heavy atom. The maximum absolute atomic E-state index is 13.3. The Morgan fingerprint density at radius 2 is 1.52 bits per heavy atom. The van der Waals surface area contributed by atoms with Crippen LogP contribution < -0.4 is 9.47 Å². The van der Waals surface area contributed by atoms with Gasteiger partial charge < -0.3 is 19.3 Å². The SMILES string of the molecule is COc1ccc(CN(Cc2ccc(F)cc2)C[C@H](O)COC(C)(C)C)cc1OC. The summed E-state index contributed by atoms with van der Waals surface area (Å²) in [6.07, 6.45) is -0.644. The number of rotatable bonds is 10. The van der Waals surface area contributed by atoms with Crippen molar-refractivity contribution in [3.05, 3.63) is 59.4 Å². The molecule has 0 aliphatic carbocycles. The third kappa shape index (κ3) is 8.01. The van der Waals surface area contributed by atoms with Gasteiger partial charge in [0.05, 0.1) is 32.5 Å². The molecule has 1 N–H and O–H groups in total. The summed E-state index contributed by atoms with van der Waals surface area (Å²) in [5.74, 6) is 1.06. The Morgan fingerprint density at radius 3 is 2.10 bits per heavy atom. The van der Waals surface area contributed by atoms with E-state index in [-0.39, 0.29) is 18.0 Å². The zero-order valence-corrected chi connectivity index (χ0v) is 17.9. The first-order valence-electron chi connectivity index (χ1n) is 9.70. The molecule has 0 bridgehead atoms. The molecule has 2 aromatic rings. The van der Waals surface area contributed by atoms with Crippen molar-refractivity contribution in [2.45, 2.75) is 45.6 Å². The number of hydrogen-bond acceptors (Lipinski definition) is 5. The first kappa shape index (κ1) is 23.1. The molecule has 0 aromatic heterocycles. The van der Waals surface area contributed by atoms with Gasteiger partial charge in [0.15, 0.2) is 11.5 Å². The quantitative estimate of drug-likeness (QED) is 0.647. The third-order valence-corrected chi connectivity index (χ3v) is 4.35. The van der Waals surface area contributed by atoms with Gasteiger partial charge in [-0.2, -0.15) is 0 Å². The summed E-state index contributed by atoms with van der Waals surface area (Å²) in [4.78, 5) is 2.10. The molecule has 160 valence electrons. The highest BCUT2D eigenvalue weighted by atomic mass is 19.1. The molecular weight excluding hydrogens is 373 g/mol. The first-order chi connectivity index (χ1) is 13.7. The van der Waals surface area contributed by atoms with Crippen molar-refractivity contribution < 1.29 is 23.7 Å². The fourth-order valence-electron chi connectivity index (χ4n) is 2.97. The highest BCUT2D eigenvalue weighted by molar-refractivity contribution is 5.42. The van der Waals surface area contributed by atoms with E-state index < -0.39 is 6.10 Å². The predicted molar refractivity (Wildman–Crippen MR) is 112 cm³/mol. The summed E-state index contributed by atoms with van der Waals surface area (Å²) in [7, 11) is 3.20. The van der Waals surface area contributed by atoms with Crippen LogP contribution in [0.3, 0.4) is 0 Å². The minimum Gasteiger partial charge on any atom is -0.493 e. The third-order valence-electron chi connectivity index (χ3n) is 4.35. The van der Waals surface area contributed by atoms with E-state index in [0.717, 1.165) is 11.1 Å². The van der Waals surface area contributed by atoms with Crippen LogP contribution in [0.4, 0.5) is 4.39 Å². The average molecular weight is 406 g/mol. The second-order valence-electron chi connectivity index (χ2n) is 8.06. The smallest absolute Gasteiger partial charge is 0.161 e. The summed E-state index contributed by atoms with van der Waals surface area (Å²) in [6.45, 7) is 7.70. The number of halogens is 1. The molecule has 5 nitrogen and oxygen atoms in total. The van der Waals surface area contributed by atoms with Crippen LogP contribution in [0.2, 0.25) is 0 Å². The van der Waals surface area contributed by atoms with E-state index in [2.05, 4.69) is 4.90 Å². The molecule has 1 atom stereocenters. The van der Waals surface area contributed by atoms with Gasteiger partial charge >= 0.3 is 0 Å². The van der Waals surface area contributed by atoms with Gasteiger partial charge in [-0.05, 0) is 56.2 Å². The fraction of sp³-hybridized carbons (Fsp3) is 0.478. The topological polar surface area (TPSA) is 51.2 Å². The van der Waals surface area contributed by atoms with Gasteiger partial charge in [0.1, 0.15) is 5.82 Å². The predicted octanol–water partition coefficient (Wildman–Crippen LogP) is 4.02. The van der Waals surface area contributed by atoms with Gasteiger partial charge in [-0.15, -0.1) is 0 Å². The second kappa shape index (κ2) is 10.6. The fourth-order valence-corrected chi connectivity index (χ4v) is 2.97. The summed E-state index contributed by atoms with van der Waals surface area (Å²) >= 11 is 0. The molecule has 0 fully saturated rings. The van der Waals surface area contributed by atoms with Gasteiger partial charge in [0.25, 0.3) is 0 Å². The molecule has 0 amide bonds. The van der Waals surface area contributed by atoms with Crippen LogP contribution in [0.15, 0.2) is 42.5 Å². The summed E-state index contributed by atoms with van der Waals surface area (Å²) in [6, 6.07) is 12.2. The lowest BCUT2D eigenvalue weighted by Gasteiger charge is -2.28. The maximum atomic E-state index is 13.3. The molecular formula is C23H32FNO4. The summed E-state index contributed by atoms with van der Waals surface area (Å²) in [5.41, 5.74) is 1.68. The first-order valence-corrected chi connectivity index (χ1v) is 9.70. The maximum Gasteiger partial charge on any atom is 0.161 e. The lowest BCUT2D eigenvalue weighted by molar-refractivity contribution is -0.0572. The lowest BCUT2D eigenvalue weighted by atomic mass is 10.1. The van der Waals surface area contributed by atoms with Crippen LogP contribution in [-0.4, -0.2) is 49.1 Å². The van der Waals surface area contributed by atoms with Gasteiger partial charge in [0.2, 0.25) is 0 Å². The van der Waals surface area contributed by atoms with Crippen LogP contribution in [0.1, 0.15) is 31.9 Å². The number of methoxy groups -OCH3 is 2. The number of ether oxygens (including phenoxy) is 3. The molecule has 0 aliphatic rings. The van der Waals surface area contributed by atoms with Crippen LogP contribution in [-0.2, 0) is 17.8 Å². The van der Waals surface area contributed by atoms with Gasteiger partial charge in [-0.1, -0.05) is 18.2 Å². The van der Waals surface area contributed by atoms with Crippen LogP contribution >= 0.6 is 0 Å². The van der Waals surface area contributed by atoms with Crippen LogP contribution in [0, 0.1) is 5.82 Å². The van der Waals surface area contributed by atoms with E-state index in [0.29, 0.717) is 31.1 Å². The number of aliphatic hydroxyl groups excluding tert-OH is 1. The van der Waals surface area contributed by atoms with Gasteiger partial charge in [-0.25, -0.2) is 4.39 Å². The molecule has 2 aromatic carbocycles. The number of benzene rings is 2. The number of aliphatic hydroxyl groups is 1. The average Bonchev–Trinajstić information content (AvgIpc) is 2.67. The van der Waals surface area contributed by atoms with Crippen molar-refractivity contribution in [3.63, 3.8) is 0 Å². The van der Waals surface area contributed by atoms with E-state index in [4.69, 9.17) is 14.2 Å². The molecule has 6 heteroatoms.